The SMILES string of the molecule is COc1ccc(C)nc1N1CC2(C1)CN(c1nnc3n1-c1ccc(Cl)cc1CN([C@H]1CCOC1)C3)C2. The van der Waals surface area contributed by atoms with Crippen LogP contribution in [0.1, 0.15) is 23.5 Å². The average molecular weight is 508 g/mol. The zero-order valence-corrected chi connectivity index (χ0v) is 21.4. The highest BCUT2D eigenvalue weighted by atomic mass is 35.5. The smallest absolute Gasteiger partial charge is 0.231 e. The summed E-state index contributed by atoms with van der Waals surface area (Å²) in [7, 11) is 1.71. The number of rotatable bonds is 4. The van der Waals surface area contributed by atoms with Crippen LogP contribution in [0.4, 0.5) is 11.8 Å². The number of anilines is 2. The van der Waals surface area contributed by atoms with Gasteiger partial charge in [0.1, 0.15) is 0 Å². The van der Waals surface area contributed by atoms with Crippen LogP contribution in [0.3, 0.4) is 0 Å². The van der Waals surface area contributed by atoms with Crippen molar-refractivity contribution in [2.24, 2.45) is 5.41 Å². The molecule has 3 aromatic rings. The van der Waals surface area contributed by atoms with Crippen LogP contribution in [0.15, 0.2) is 30.3 Å². The highest BCUT2D eigenvalue weighted by Gasteiger charge is 2.54. The van der Waals surface area contributed by atoms with Crippen molar-refractivity contribution in [2.75, 3.05) is 56.3 Å². The Morgan fingerprint density at radius 2 is 1.89 bits per heavy atom. The van der Waals surface area contributed by atoms with Crippen molar-refractivity contribution >= 4 is 23.4 Å². The number of aromatic nitrogens is 4. The summed E-state index contributed by atoms with van der Waals surface area (Å²) in [6, 6.07) is 10.6. The van der Waals surface area contributed by atoms with E-state index >= 15 is 0 Å². The van der Waals surface area contributed by atoms with Gasteiger partial charge in [0.25, 0.3) is 0 Å². The summed E-state index contributed by atoms with van der Waals surface area (Å²) in [5.74, 6) is 3.68. The molecule has 6 heterocycles. The number of ether oxygens (including phenoxy) is 2. The van der Waals surface area contributed by atoms with E-state index in [1.165, 1.54) is 5.56 Å². The second-order valence-corrected chi connectivity index (χ2v) is 11.1. The van der Waals surface area contributed by atoms with Gasteiger partial charge >= 0.3 is 0 Å². The van der Waals surface area contributed by atoms with Crippen LogP contribution in [0, 0.1) is 12.3 Å². The van der Waals surface area contributed by atoms with Crippen LogP contribution in [-0.2, 0) is 17.8 Å². The van der Waals surface area contributed by atoms with Gasteiger partial charge in [0.2, 0.25) is 5.95 Å². The van der Waals surface area contributed by atoms with Crippen molar-refractivity contribution in [1.82, 2.24) is 24.6 Å². The Kier molecular flexibility index (Phi) is 5.16. The van der Waals surface area contributed by atoms with Crippen molar-refractivity contribution in [2.45, 2.75) is 32.5 Å². The number of fused-ring (bicyclic) bond motifs is 3. The molecule has 188 valence electrons. The van der Waals surface area contributed by atoms with Crippen LogP contribution >= 0.6 is 11.6 Å². The van der Waals surface area contributed by atoms with Crippen molar-refractivity contribution in [3.8, 4) is 11.4 Å². The Balaban J connectivity index is 1.13. The molecule has 0 unspecified atom stereocenters. The Morgan fingerprint density at radius 3 is 2.67 bits per heavy atom. The van der Waals surface area contributed by atoms with Crippen LogP contribution in [-0.4, -0.2) is 77.2 Å². The second kappa shape index (κ2) is 8.33. The first-order valence-electron chi connectivity index (χ1n) is 12.6. The third kappa shape index (κ3) is 3.55. The lowest BCUT2D eigenvalue weighted by molar-refractivity contribution is 0.133. The molecule has 1 spiro atoms. The number of hydrogen-bond acceptors (Lipinski definition) is 8. The summed E-state index contributed by atoms with van der Waals surface area (Å²) in [5, 5.41) is 10.1. The van der Waals surface area contributed by atoms with Crippen molar-refractivity contribution in [1.29, 1.82) is 0 Å². The summed E-state index contributed by atoms with van der Waals surface area (Å²) >= 11 is 6.43. The average Bonchev–Trinajstić information content (AvgIpc) is 3.45. The van der Waals surface area contributed by atoms with Crippen LogP contribution in [0.5, 0.6) is 5.75 Å². The Labute approximate surface area is 215 Å². The van der Waals surface area contributed by atoms with E-state index in [4.69, 9.17) is 26.1 Å². The molecule has 0 bridgehead atoms. The first kappa shape index (κ1) is 22.3. The van der Waals surface area contributed by atoms with Crippen molar-refractivity contribution < 1.29 is 9.47 Å². The van der Waals surface area contributed by atoms with E-state index in [1.807, 2.05) is 25.1 Å². The molecule has 0 radical (unpaired) electrons. The topological polar surface area (TPSA) is 71.8 Å². The van der Waals surface area contributed by atoms with Crippen molar-refractivity contribution in [3.05, 3.63) is 52.4 Å². The zero-order valence-electron chi connectivity index (χ0n) is 20.7. The first-order valence-corrected chi connectivity index (χ1v) is 13.0. The number of hydrogen-bond donors (Lipinski definition) is 0. The molecule has 0 N–H and O–H groups in total. The fourth-order valence-electron chi connectivity index (χ4n) is 6.22. The van der Waals surface area contributed by atoms with Crippen molar-refractivity contribution in [3.63, 3.8) is 0 Å². The predicted octanol–water partition coefficient (Wildman–Crippen LogP) is 3.06. The molecule has 0 amide bonds. The molecule has 7 rings (SSSR count). The maximum absolute atomic E-state index is 6.43. The molecule has 1 atom stereocenters. The highest BCUT2D eigenvalue weighted by molar-refractivity contribution is 6.30. The minimum absolute atomic E-state index is 0.254. The molecule has 3 fully saturated rings. The zero-order chi connectivity index (χ0) is 24.4. The number of methoxy groups -OCH3 is 1. The highest BCUT2D eigenvalue weighted by Crippen LogP contribution is 2.45. The predicted molar refractivity (Wildman–Crippen MR) is 137 cm³/mol. The normalized spacial score (nSPS) is 22.6. The van der Waals surface area contributed by atoms with Crippen LogP contribution in [0.25, 0.3) is 5.69 Å². The minimum Gasteiger partial charge on any atom is -0.493 e. The molecule has 10 heteroatoms. The Hall–Kier alpha value is -2.88. The number of aryl methyl sites for hydroxylation is 1. The lowest BCUT2D eigenvalue weighted by Crippen LogP contribution is -2.73. The van der Waals surface area contributed by atoms with Gasteiger partial charge in [-0.25, -0.2) is 4.98 Å². The van der Waals surface area contributed by atoms with Gasteiger partial charge < -0.3 is 19.3 Å². The minimum atomic E-state index is 0.254. The van der Waals surface area contributed by atoms with E-state index in [2.05, 4.69) is 41.6 Å². The summed E-state index contributed by atoms with van der Waals surface area (Å²) in [4.78, 5) is 11.9. The number of pyridine rings is 1. The maximum atomic E-state index is 6.43. The van der Waals surface area contributed by atoms with Gasteiger partial charge in [-0.05, 0) is 49.2 Å². The molecule has 4 aliphatic rings. The largest absolute Gasteiger partial charge is 0.493 e. The summed E-state index contributed by atoms with van der Waals surface area (Å²) in [6.07, 6.45) is 1.04. The third-order valence-corrected chi connectivity index (χ3v) is 8.26. The molecule has 0 saturated carbocycles. The van der Waals surface area contributed by atoms with Gasteiger partial charge in [0.15, 0.2) is 17.4 Å². The molecular formula is C26H30ClN7O2. The molecule has 2 aromatic heterocycles. The Bertz CT molecular complexity index is 1310. The van der Waals surface area contributed by atoms with E-state index in [-0.39, 0.29) is 5.41 Å². The van der Waals surface area contributed by atoms with Gasteiger partial charge in [-0.1, -0.05) is 11.6 Å². The molecule has 3 saturated heterocycles. The van der Waals surface area contributed by atoms with Crippen LogP contribution in [0.2, 0.25) is 5.02 Å². The Morgan fingerprint density at radius 1 is 1.06 bits per heavy atom. The van der Waals surface area contributed by atoms with E-state index < -0.39 is 0 Å². The first-order chi connectivity index (χ1) is 17.5. The van der Waals surface area contributed by atoms with Crippen LogP contribution < -0.4 is 14.5 Å². The van der Waals surface area contributed by atoms with E-state index in [0.29, 0.717) is 6.04 Å². The van der Waals surface area contributed by atoms with Gasteiger partial charge in [-0.2, -0.15) is 0 Å². The standard InChI is InChI=1S/C26H30ClN7O2/c1-17-3-6-22(35-2)24(28-17)32-13-26(14-32)15-33(16-26)25-30-29-23-11-31(20-7-8-36-12-20)10-18-9-19(27)4-5-21(18)34(23)25/h3-6,9,20H,7-8,10-16H2,1-2H3/t20-/m0/s1. The van der Waals surface area contributed by atoms with E-state index in [0.717, 1.165) is 98.6 Å². The fraction of sp³-hybridized carbons (Fsp3) is 0.500. The lowest BCUT2D eigenvalue weighted by atomic mass is 9.73. The quantitative estimate of drug-likeness (QED) is 0.533. The monoisotopic (exact) mass is 507 g/mol. The molecule has 4 aliphatic heterocycles. The molecule has 9 nitrogen and oxygen atoms in total. The van der Waals surface area contributed by atoms with Gasteiger partial charge in [0.05, 0.1) is 25.9 Å². The second-order valence-electron chi connectivity index (χ2n) is 10.6. The van der Waals surface area contributed by atoms with E-state index in [9.17, 15) is 0 Å². The number of nitrogens with zero attached hydrogens (tertiary/aromatic N) is 7. The van der Waals surface area contributed by atoms with E-state index in [1.54, 1.807) is 7.11 Å². The summed E-state index contributed by atoms with van der Waals surface area (Å²) in [5.41, 5.74) is 3.59. The number of halogens is 1. The molecule has 36 heavy (non-hydrogen) atoms. The van der Waals surface area contributed by atoms with Gasteiger partial charge in [-0.15, -0.1) is 10.2 Å². The maximum Gasteiger partial charge on any atom is 0.231 e. The number of benzene rings is 1. The molecule has 0 aliphatic carbocycles. The van der Waals surface area contributed by atoms with Gasteiger partial charge in [0, 0.05) is 61.5 Å². The third-order valence-electron chi connectivity index (χ3n) is 8.02. The lowest BCUT2D eigenvalue weighted by Gasteiger charge is -2.60. The summed E-state index contributed by atoms with van der Waals surface area (Å²) in [6.45, 7) is 9.04. The summed E-state index contributed by atoms with van der Waals surface area (Å²) < 4.78 is 13.5. The fourth-order valence-corrected chi connectivity index (χ4v) is 6.41. The van der Waals surface area contributed by atoms with Gasteiger partial charge in [-0.3, -0.25) is 9.47 Å². The molecular weight excluding hydrogens is 478 g/mol. The molecule has 1 aromatic carbocycles.